The Morgan fingerprint density at radius 3 is 2.64 bits per heavy atom. The molecule has 0 aromatic heterocycles. The molecule has 0 bridgehead atoms. The predicted molar refractivity (Wildman–Crippen MR) is 128 cm³/mol. The van der Waals surface area contributed by atoms with Crippen molar-refractivity contribution >= 4 is 40.8 Å². The summed E-state index contributed by atoms with van der Waals surface area (Å²) in [5, 5.41) is 12.6. The number of ether oxygens (including phenoxy) is 1. The summed E-state index contributed by atoms with van der Waals surface area (Å²) >= 11 is 12.2. The highest BCUT2D eigenvalue weighted by atomic mass is 35.5. The first-order valence-electron chi connectivity index (χ1n) is 10.3. The van der Waals surface area contributed by atoms with Gasteiger partial charge >= 0.3 is 5.97 Å². The lowest BCUT2D eigenvalue weighted by atomic mass is 10.0. The molecule has 1 heterocycles. The number of nitrogens with zero attached hydrogens (tertiary/aromatic N) is 1. The molecule has 0 saturated carbocycles. The second-order valence-electron chi connectivity index (χ2n) is 7.90. The van der Waals surface area contributed by atoms with Gasteiger partial charge in [0.05, 0.1) is 10.7 Å². The van der Waals surface area contributed by atoms with Crippen LogP contribution in [0.1, 0.15) is 28.3 Å². The van der Waals surface area contributed by atoms with Gasteiger partial charge in [-0.1, -0.05) is 59.6 Å². The Kier molecular flexibility index (Phi) is 6.88. The van der Waals surface area contributed by atoms with Gasteiger partial charge in [0, 0.05) is 18.1 Å². The van der Waals surface area contributed by atoms with E-state index in [0.29, 0.717) is 34.6 Å². The highest BCUT2D eigenvalue weighted by molar-refractivity contribution is 6.36. The summed E-state index contributed by atoms with van der Waals surface area (Å²) in [6.45, 7) is 2.63. The number of nitrogens with one attached hydrogen (secondary N) is 1. The molecule has 170 valence electrons. The van der Waals surface area contributed by atoms with E-state index in [4.69, 9.17) is 33.0 Å². The Bertz CT molecular complexity index is 1210. The van der Waals surface area contributed by atoms with Gasteiger partial charge in [-0.05, 0) is 53.4 Å². The second kappa shape index (κ2) is 9.83. The Morgan fingerprint density at radius 2 is 1.91 bits per heavy atom. The minimum atomic E-state index is -1.03. The van der Waals surface area contributed by atoms with Crippen LogP contribution < -0.4 is 10.1 Å². The Labute approximate surface area is 201 Å². The zero-order chi connectivity index (χ0) is 23.5. The van der Waals surface area contributed by atoms with Gasteiger partial charge < -0.3 is 15.2 Å². The number of carboxylic acid groups (broad SMARTS) is 1. The highest BCUT2D eigenvalue weighted by Gasteiger charge is 2.35. The Balaban J connectivity index is 1.56. The van der Waals surface area contributed by atoms with Crippen molar-refractivity contribution in [1.82, 2.24) is 4.90 Å². The molecule has 0 aliphatic carbocycles. The standard InChI is InChI=1S/C25H22Cl2N2O4/c1-15-10-16(6-9-22(15)33-14-23(30)31)12-29-13-17-4-2-3-5-19(17)24(29)25(32)28-21-8-7-18(26)11-20(21)27/h2-11,24H,12-14H2,1H3,(H,28,32)(H,30,31)/t24-/m0/s1. The molecule has 1 atom stereocenters. The fourth-order valence-electron chi connectivity index (χ4n) is 4.04. The Morgan fingerprint density at radius 1 is 1.12 bits per heavy atom. The maximum absolute atomic E-state index is 13.4. The third-order valence-electron chi connectivity index (χ3n) is 5.50. The number of fused-ring (bicyclic) bond motifs is 1. The van der Waals surface area contributed by atoms with Crippen LogP contribution in [0, 0.1) is 6.92 Å². The van der Waals surface area contributed by atoms with Gasteiger partial charge in [0.1, 0.15) is 11.8 Å². The fraction of sp³-hybridized carbons (Fsp3) is 0.200. The van der Waals surface area contributed by atoms with Crippen LogP contribution in [-0.4, -0.2) is 28.5 Å². The molecule has 0 unspecified atom stereocenters. The van der Waals surface area contributed by atoms with Gasteiger partial charge in [-0.3, -0.25) is 9.69 Å². The van der Waals surface area contributed by atoms with Gasteiger partial charge in [0.15, 0.2) is 6.61 Å². The molecule has 2 N–H and O–H groups in total. The molecular weight excluding hydrogens is 463 g/mol. The smallest absolute Gasteiger partial charge is 0.341 e. The highest BCUT2D eigenvalue weighted by Crippen LogP contribution is 2.37. The van der Waals surface area contributed by atoms with Crippen LogP contribution in [0.15, 0.2) is 60.7 Å². The molecule has 0 fully saturated rings. The first kappa shape index (κ1) is 23.1. The number of anilines is 1. The molecule has 3 aromatic carbocycles. The number of halogens is 2. The predicted octanol–water partition coefficient (Wildman–Crippen LogP) is 5.46. The van der Waals surface area contributed by atoms with Gasteiger partial charge in [-0.25, -0.2) is 4.79 Å². The minimum absolute atomic E-state index is 0.178. The lowest BCUT2D eigenvalue weighted by molar-refractivity contribution is -0.139. The molecule has 6 nitrogen and oxygen atoms in total. The molecule has 4 rings (SSSR count). The molecule has 1 amide bonds. The van der Waals surface area contributed by atoms with E-state index in [1.54, 1.807) is 24.3 Å². The summed E-state index contributed by atoms with van der Waals surface area (Å²) in [5.41, 5.74) is 4.38. The maximum Gasteiger partial charge on any atom is 0.341 e. The van der Waals surface area contributed by atoms with E-state index in [1.165, 1.54) is 0 Å². The number of rotatable bonds is 7. The third kappa shape index (κ3) is 5.30. The summed E-state index contributed by atoms with van der Waals surface area (Å²) in [6.07, 6.45) is 0. The van der Waals surface area contributed by atoms with Gasteiger partial charge in [-0.2, -0.15) is 0 Å². The van der Waals surface area contributed by atoms with Crippen LogP contribution >= 0.6 is 23.2 Å². The fourth-order valence-corrected chi connectivity index (χ4v) is 4.50. The molecule has 0 spiro atoms. The van der Waals surface area contributed by atoms with E-state index >= 15 is 0 Å². The second-order valence-corrected chi connectivity index (χ2v) is 8.75. The molecule has 0 radical (unpaired) electrons. The monoisotopic (exact) mass is 484 g/mol. The lowest BCUT2D eigenvalue weighted by Gasteiger charge is -2.25. The van der Waals surface area contributed by atoms with Crippen molar-refractivity contribution in [3.8, 4) is 5.75 Å². The van der Waals surface area contributed by atoms with Crippen LogP contribution in [-0.2, 0) is 22.7 Å². The van der Waals surface area contributed by atoms with E-state index in [1.807, 2.05) is 43.3 Å². The largest absolute Gasteiger partial charge is 0.482 e. The van der Waals surface area contributed by atoms with E-state index in [-0.39, 0.29) is 5.91 Å². The van der Waals surface area contributed by atoms with Crippen molar-refractivity contribution in [2.24, 2.45) is 0 Å². The zero-order valence-electron chi connectivity index (χ0n) is 17.8. The number of aryl methyl sites for hydroxylation is 1. The average molecular weight is 485 g/mol. The number of carbonyl (C=O) groups excluding carboxylic acids is 1. The van der Waals surface area contributed by atoms with Crippen LogP contribution in [0.5, 0.6) is 5.75 Å². The van der Waals surface area contributed by atoms with Gasteiger partial charge in [0.25, 0.3) is 0 Å². The topological polar surface area (TPSA) is 78.9 Å². The number of benzene rings is 3. The maximum atomic E-state index is 13.4. The van der Waals surface area contributed by atoms with Crippen molar-refractivity contribution < 1.29 is 19.4 Å². The van der Waals surface area contributed by atoms with Crippen molar-refractivity contribution in [3.63, 3.8) is 0 Å². The van der Waals surface area contributed by atoms with Crippen LogP contribution in [0.25, 0.3) is 0 Å². The Hall–Kier alpha value is -3.06. The number of hydrogen-bond donors (Lipinski definition) is 2. The summed E-state index contributed by atoms with van der Waals surface area (Å²) in [7, 11) is 0. The minimum Gasteiger partial charge on any atom is -0.482 e. The summed E-state index contributed by atoms with van der Waals surface area (Å²) in [5.74, 6) is -0.678. The average Bonchev–Trinajstić information content (AvgIpc) is 3.13. The van der Waals surface area contributed by atoms with Crippen molar-refractivity contribution in [3.05, 3.63) is 93.0 Å². The van der Waals surface area contributed by atoms with Crippen molar-refractivity contribution in [2.45, 2.75) is 26.1 Å². The normalized spacial score (nSPS) is 15.2. The molecule has 33 heavy (non-hydrogen) atoms. The SMILES string of the molecule is Cc1cc(CN2Cc3ccccc3[C@H]2C(=O)Nc2ccc(Cl)cc2Cl)ccc1OCC(=O)O. The summed E-state index contributed by atoms with van der Waals surface area (Å²) in [6, 6.07) is 18.0. The van der Waals surface area contributed by atoms with Gasteiger partial charge in [0.2, 0.25) is 5.91 Å². The molecule has 0 saturated heterocycles. The molecule has 1 aliphatic heterocycles. The lowest BCUT2D eigenvalue weighted by Crippen LogP contribution is -2.32. The number of carbonyl (C=O) groups is 2. The number of aliphatic carboxylic acids is 1. The first-order chi connectivity index (χ1) is 15.8. The summed E-state index contributed by atoms with van der Waals surface area (Å²) < 4.78 is 5.32. The van der Waals surface area contributed by atoms with Crippen LogP contribution in [0.2, 0.25) is 10.0 Å². The first-order valence-corrected chi connectivity index (χ1v) is 11.1. The summed E-state index contributed by atoms with van der Waals surface area (Å²) in [4.78, 5) is 26.2. The number of carboxylic acids is 1. The van der Waals surface area contributed by atoms with Gasteiger partial charge in [-0.15, -0.1) is 0 Å². The molecule has 3 aromatic rings. The van der Waals surface area contributed by atoms with Crippen LogP contribution in [0.3, 0.4) is 0 Å². The third-order valence-corrected chi connectivity index (χ3v) is 6.05. The molecule has 8 heteroatoms. The quantitative estimate of drug-likeness (QED) is 0.465. The van der Waals surface area contributed by atoms with E-state index in [9.17, 15) is 9.59 Å². The molecular formula is C25H22Cl2N2O4. The number of amides is 1. The molecule has 1 aliphatic rings. The van der Waals surface area contributed by atoms with E-state index in [2.05, 4.69) is 10.2 Å². The number of hydrogen-bond acceptors (Lipinski definition) is 4. The van der Waals surface area contributed by atoms with Crippen molar-refractivity contribution in [2.75, 3.05) is 11.9 Å². The van der Waals surface area contributed by atoms with E-state index < -0.39 is 18.6 Å². The van der Waals surface area contributed by atoms with Crippen molar-refractivity contribution in [1.29, 1.82) is 0 Å². The van der Waals surface area contributed by atoms with E-state index in [0.717, 1.165) is 22.3 Å². The zero-order valence-corrected chi connectivity index (χ0v) is 19.4. The van der Waals surface area contributed by atoms with Crippen LogP contribution in [0.4, 0.5) is 5.69 Å².